The molecule has 112 valence electrons. The molecule has 1 aromatic heterocycles. The van der Waals surface area contributed by atoms with Crippen LogP contribution in [0.2, 0.25) is 5.02 Å². The third kappa shape index (κ3) is 3.71. The summed E-state index contributed by atoms with van der Waals surface area (Å²) in [5.74, 6) is -0.274. The lowest BCUT2D eigenvalue weighted by Gasteiger charge is -2.24. The van der Waals surface area contributed by atoms with Gasteiger partial charge in [0.1, 0.15) is 5.54 Å². The number of carbonyl (C=O) groups is 1. The second-order valence-electron chi connectivity index (χ2n) is 5.34. The third-order valence-electron chi connectivity index (χ3n) is 3.26. The normalized spacial score (nSPS) is 11.6. The molecule has 2 aromatic rings. The molecular weight excluding hydrogens is 288 g/mol. The highest BCUT2D eigenvalue weighted by Crippen LogP contribution is 2.22. The molecule has 1 heterocycles. The molecule has 0 fully saturated rings. The van der Waals surface area contributed by atoms with E-state index in [-0.39, 0.29) is 5.97 Å². The molecule has 0 bridgehead atoms. The molecule has 0 aliphatic heterocycles. The van der Waals surface area contributed by atoms with Crippen LogP contribution >= 0.6 is 11.6 Å². The Morgan fingerprint density at radius 3 is 2.90 bits per heavy atom. The lowest BCUT2D eigenvalue weighted by molar-refractivity contribution is -0.149. The van der Waals surface area contributed by atoms with Crippen LogP contribution in [0.4, 0.5) is 0 Å². The van der Waals surface area contributed by atoms with E-state index in [1.165, 1.54) is 0 Å². The second-order valence-corrected chi connectivity index (χ2v) is 5.78. The summed E-state index contributed by atoms with van der Waals surface area (Å²) in [6.45, 7) is 6.24. The Bertz CT molecular complexity index is 656. The maximum absolute atomic E-state index is 11.9. The molecule has 1 N–H and O–H groups in total. The van der Waals surface area contributed by atoms with Gasteiger partial charge in [-0.1, -0.05) is 17.7 Å². The number of halogens is 1. The van der Waals surface area contributed by atoms with Crippen molar-refractivity contribution in [3.05, 3.63) is 41.0 Å². The van der Waals surface area contributed by atoms with E-state index in [4.69, 9.17) is 16.3 Å². The summed E-state index contributed by atoms with van der Waals surface area (Å²) in [4.78, 5) is 16.3. The van der Waals surface area contributed by atoms with E-state index < -0.39 is 5.54 Å². The van der Waals surface area contributed by atoms with Crippen molar-refractivity contribution >= 4 is 28.5 Å². The lowest BCUT2D eigenvalue weighted by atomic mass is 10.0. The molecule has 0 atom stereocenters. The number of fused-ring (bicyclic) bond motifs is 1. The predicted octanol–water partition coefficient (Wildman–Crippen LogP) is 3.32. The quantitative estimate of drug-likeness (QED) is 0.861. The predicted molar refractivity (Wildman–Crippen MR) is 84.3 cm³/mol. The number of carbonyl (C=O) groups excluding carboxylic acids is 1. The molecule has 4 nitrogen and oxygen atoms in total. The first kappa shape index (κ1) is 15.7. The van der Waals surface area contributed by atoms with Crippen LogP contribution in [-0.4, -0.2) is 23.1 Å². The average molecular weight is 307 g/mol. The Morgan fingerprint density at radius 2 is 2.19 bits per heavy atom. The van der Waals surface area contributed by atoms with Gasteiger partial charge in [-0.05, 0) is 44.5 Å². The number of hydrogen-bond donors (Lipinski definition) is 1. The molecule has 0 saturated carbocycles. The second kappa shape index (κ2) is 6.41. The van der Waals surface area contributed by atoms with Gasteiger partial charge in [-0.25, -0.2) is 0 Å². The molecule has 1 aromatic carbocycles. The first-order valence-corrected chi connectivity index (χ1v) is 7.27. The maximum atomic E-state index is 11.9. The third-order valence-corrected chi connectivity index (χ3v) is 3.47. The molecule has 21 heavy (non-hydrogen) atoms. The molecule has 0 aliphatic rings. The van der Waals surface area contributed by atoms with Gasteiger partial charge in [0.2, 0.25) is 0 Å². The van der Waals surface area contributed by atoms with Crippen LogP contribution in [0.3, 0.4) is 0 Å². The van der Waals surface area contributed by atoms with Crippen molar-refractivity contribution in [3.63, 3.8) is 0 Å². The summed E-state index contributed by atoms with van der Waals surface area (Å²) in [6, 6.07) is 7.58. The Labute approximate surface area is 129 Å². The van der Waals surface area contributed by atoms with Crippen LogP contribution < -0.4 is 5.32 Å². The first-order chi connectivity index (χ1) is 9.94. The van der Waals surface area contributed by atoms with E-state index in [1.54, 1.807) is 27.0 Å². The number of esters is 1. The zero-order valence-corrected chi connectivity index (χ0v) is 13.2. The molecule has 0 amide bonds. The molecule has 0 spiro atoms. The largest absolute Gasteiger partial charge is 0.465 e. The van der Waals surface area contributed by atoms with Crippen molar-refractivity contribution in [1.29, 1.82) is 0 Å². The highest BCUT2D eigenvalue weighted by Gasteiger charge is 2.28. The molecule has 5 heteroatoms. The number of nitrogens with zero attached hydrogens (tertiary/aromatic N) is 1. The fourth-order valence-electron chi connectivity index (χ4n) is 2.06. The molecule has 0 saturated heterocycles. The minimum atomic E-state index is -0.764. The summed E-state index contributed by atoms with van der Waals surface area (Å²) >= 11 is 6.14. The zero-order valence-electron chi connectivity index (χ0n) is 12.4. The highest BCUT2D eigenvalue weighted by molar-refractivity contribution is 6.31. The van der Waals surface area contributed by atoms with E-state index in [0.717, 1.165) is 16.5 Å². The van der Waals surface area contributed by atoms with Crippen LogP contribution in [0.5, 0.6) is 0 Å². The van der Waals surface area contributed by atoms with Crippen LogP contribution in [0.15, 0.2) is 30.5 Å². The van der Waals surface area contributed by atoms with Crippen LogP contribution in [0, 0.1) is 0 Å². The van der Waals surface area contributed by atoms with Crippen LogP contribution in [-0.2, 0) is 16.1 Å². The van der Waals surface area contributed by atoms with Crippen molar-refractivity contribution in [1.82, 2.24) is 10.3 Å². The molecule has 0 aliphatic carbocycles. The summed E-state index contributed by atoms with van der Waals surface area (Å²) in [6.07, 6.45) is 1.75. The Balaban J connectivity index is 2.22. The number of ether oxygens (including phenoxy) is 1. The van der Waals surface area contributed by atoms with Crippen molar-refractivity contribution in [2.75, 3.05) is 6.61 Å². The summed E-state index contributed by atoms with van der Waals surface area (Å²) < 4.78 is 5.06. The van der Waals surface area contributed by atoms with Gasteiger partial charge in [0, 0.05) is 23.2 Å². The van der Waals surface area contributed by atoms with Gasteiger partial charge in [0.25, 0.3) is 0 Å². The zero-order chi connectivity index (χ0) is 15.5. The van der Waals surface area contributed by atoms with Crippen LogP contribution in [0.1, 0.15) is 26.3 Å². The summed E-state index contributed by atoms with van der Waals surface area (Å²) in [5.41, 5.74) is 1.07. The van der Waals surface area contributed by atoms with Gasteiger partial charge in [0.05, 0.1) is 12.1 Å². The topological polar surface area (TPSA) is 51.2 Å². The molecular formula is C16H19ClN2O2. The molecule has 0 radical (unpaired) electrons. The Hall–Kier alpha value is -1.65. The summed E-state index contributed by atoms with van der Waals surface area (Å²) in [5, 5.41) is 4.84. The van der Waals surface area contributed by atoms with Gasteiger partial charge in [-0.2, -0.15) is 0 Å². The number of hydrogen-bond acceptors (Lipinski definition) is 4. The van der Waals surface area contributed by atoms with Crippen molar-refractivity contribution in [3.8, 4) is 0 Å². The van der Waals surface area contributed by atoms with Gasteiger partial charge in [-0.15, -0.1) is 0 Å². The van der Waals surface area contributed by atoms with Gasteiger partial charge >= 0.3 is 5.97 Å². The number of aromatic nitrogens is 1. The van der Waals surface area contributed by atoms with E-state index in [2.05, 4.69) is 10.3 Å². The number of benzene rings is 1. The minimum absolute atomic E-state index is 0.274. The lowest BCUT2D eigenvalue weighted by Crippen LogP contribution is -2.47. The van der Waals surface area contributed by atoms with Gasteiger partial charge in [-0.3, -0.25) is 15.1 Å². The number of pyridine rings is 1. The number of nitrogens with one attached hydrogen (secondary N) is 1. The standard InChI is InChI=1S/C16H19ClN2O2/c1-4-21-15(20)16(2,3)19-10-12-9-13(17)8-11-6-5-7-18-14(11)12/h5-9,19H,4,10H2,1-3H3. The monoisotopic (exact) mass is 306 g/mol. The highest BCUT2D eigenvalue weighted by atomic mass is 35.5. The van der Waals surface area contributed by atoms with Gasteiger partial charge < -0.3 is 4.74 Å². The van der Waals surface area contributed by atoms with Crippen molar-refractivity contribution < 1.29 is 9.53 Å². The van der Waals surface area contributed by atoms with E-state index in [0.29, 0.717) is 18.2 Å². The van der Waals surface area contributed by atoms with E-state index >= 15 is 0 Å². The SMILES string of the molecule is CCOC(=O)C(C)(C)NCc1cc(Cl)cc2cccnc12. The number of rotatable bonds is 5. The van der Waals surface area contributed by atoms with E-state index in [1.807, 2.05) is 24.3 Å². The maximum Gasteiger partial charge on any atom is 0.325 e. The fourth-order valence-corrected chi connectivity index (χ4v) is 2.31. The average Bonchev–Trinajstić information content (AvgIpc) is 2.45. The first-order valence-electron chi connectivity index (χ1n) is 6.89. The molecule has 2 rings (SSSR count). The van der Waals surface area contributed by atoms with Crippen LogP contribution in [0.25, 0.3) is 10.9 Å². The summed E-state index contributed by atoms with van der Waals surface area (Å²) in [7, 11) is 0. The fraction of sp³-hybridized carbons (Fsp3) is 0.375. The van der Waals surface area contributed by atoms with Gasteiger partial charge in [0.15, 0.2) is 0 Å². The van der Waals surface area contributed by atoms with Crippen molar-refractivity contribution in [2.45, 2.75) is 32.9 Å². The van der Waals surface area contributed by atoms with E-state index in [9.17, 15) is 4.79 Å². The van der Waals surface area contributed by atoms with Crippen molar-refractivity contribution in [2.24, 2.45) is 0 Å². The molecule has 0 unspecified atom stereocenters. The Morgan fingerprint density at radius 1 is 1.43 bits per heavy atom. The Kier molecular flexibility index (Phi) is 4.80. The minimum Gasteiger partial charge on any atom is -0.465 e. The smallest absolute Gasteiger partial charge is 0.325 e.